The van der Waals surface area contributed by atoms with E-state index < -0.39 is 10.0 Å². The van der Waals surface area contributed by atoms with Gasteiger partial charge in [-0.1, -0.05) is 17.3 Å². The van der Waals surface area contributed by atoms with Gasteiger partial charge < -0.3 is 14.0 Å². The summed E-state index contributed by atoms with van der Waals surface area (Å²) >= 11 is 0. The molecule has 0 bridgehead atoms. The van der Waals surface area contributed by atoms with Crippen LogP contribution in [-0.2, 0) is 10.0 Å². The average Bonchev–Trinajstić information content (AvgIpc) is 3.35. The highest BCUT2D eigenvalue weighted by atomic mass is 32.2. The summed E-state index contributed by atoms with van der Waals surface area (Å²) in [6.45, 7) is 6.11. The van der Waals surface area contributed by atoms with Crippen LogP contribution >= 0.6 is 0 Å². The summed E-state index contributed by atoms with van der Waals surface area (Å²) in [7, 11) is -3.66. The number of piperazine rings is 1. The fourth-order valence-corrected chi connectivity index (χ4v) is 5.51. The summed E-state index contributed by atoms with van der Waals surface area (Å²) in [6, 6.07) is 9.29. The molecule has 9 nitrogen and oxygen atoms in total. The smallest absolute Gasteiger partial charge is 0.244 e. The number of benzene rings is 2. The first-order valence-electron chi connectivity index (χ1n) is 11.1. The van der Waals surface area contributed by atoms with Gasteiger partial charge in [0, 0.05) is 37.8 Å². The van der Waals surface area contributed by atoms with Gasteiger partial charge in [0.25, 0.3) is 0 Å². The van der Waals surface area contributed by atoms with Gasteiger partial charge in [0.2, 0.25) is 21.7 Å². The normalized spacial score (nSPS) is 18.1. The second-order valence-corrected chi connectivity index (χ2v) is 10.3. The highest BCUT2D eigenvalue weighted by Gasteiger charge is 2.32. The van der Waals surface area contributed by atoms with Gasteiger partial charge in [-0.2, -0.15) is 9.29 Å². The van der Waals surface area contributed by atoms with Crippen molar-refractivity contribution in [1.82, 2.24) is 19.3 Å². The van der Waals surface area contributed by atoms with Crippen molar-refractivity contribution in [3.05, 3.63) is 53.7 Å². The molecule has 34 heavy (non-hydrogen) atoms. The van der Waals surface area contributed by atoms with E-state index in [0.29, 0.717) is 73.7 Å². The highest BCUT2D eigenvalue weighted by Crippen LogP contribution is 2.33. The van der Waals surface area contributed by atoms with E-state index in [2.05, 4.69) is 15.0 Å². The van der Waals surface area contributed by atoms with Crippen LogP contribution in [0.5, 0.6) is 11.5 Å². The second-order valence-electron chi connectivity index (χ2n) is 8.34. The molecule has 1 fully saturated rings. The number of hydrogen-bond donors (Lipinski definition) is 0. The molecule has 0 radical (unpaired) electrons. The number of aromatic nitrogens is 2. The number of sulfonamides is 1. The largest absolute Gasteiger partial charge is 0.486 e. The Kier molecular flexibility index (Phi) is 6.00. The van der Waals surface area contributed by atoms with Crippen LogP contribution in [0.15, 0.2) is 45.8 Å². The standard InChI is InChI=1S/C23H25FN4O5S/c1-15-3-4-17(13-19(15)24)22-25-23(33-26-22)16(2)27-7-9-28(10-8-27)34(29,30)18-5-6-20-21(14-18)32-12-11-31-20/h3-6,13-14,16H,7-12H2,1-2H3/t16-/m1/s1. The minimum atomic E-state index is -3.66. The number of ether oxygens (including phenoxy) is 2. The molecule has 2 aliphatic heterocycles. The molecule has 0 N–H and O–H groups in total. The van der Waals surface area contributed by atoms with Crippen molar-refractivity contribution in [2.45, 2.75) is 24.8 Å². The van der Waals surface area contributed by atoms with Crippen molar-refractivity contribution in [3.63, 3.8) is 0 Å². The first-order chi connectivity index (χ1) is 16.3. The summed E-state index contributed by atoms with van der Waals surface area (Å²) in [6.07, 6.45) is 0. The Morgan fingerprint density at radius 1 is 1.00 bits per heavy atom. The minimum absolute atomic E-state index is 0.185. The Morgan fingerprint density at radius 3 is 2.47 bits per heavy atom. The summed E-state index contributed by atoms with van der Waals surface area (Å²) < 4.78 is 58.2. The van der Waals surface area contributed by atoms with Crippen molar-refractivity contribution in [1.29, 1.82) is 0 Å². The zero-order valence-electron chi connectivity index (χ0n) is 18.9. The number of rotatable bonds is 5. The molecule has 2 aliphatic rings. The van der Waals surface area contributed by atoms with Crippen molar-refractivity contribution in [2.75, 3.05) is 39.4 Å². The van der Waals surface area contributed by atoms with Crippen LogP contribution < -0.4 is 9.47 Å². The van der Waals surface area contributed by atoms with E-state index in [1.54, 1.807) is 31.2 Å². The predicted octanol–water partition coefficient (Wildman–Crippen LogP) is 3.02. The second kappa shape index (κ2) is 8.97. The third-order valence-corrected chi connectivity index (χ3v) is 8.10. The monoisotopic (exact) mass is 488 g/mol. The molecule has 3 aromatic rings. The van der Waals surface area contributed by atoms with Gasteiger partial charge in [-0.25, -0.2) is 12.8 Å². The lowest BCUT2D eigenvalue weighted by atomic mass is 10.1. The Hall–Kier alpha value is -3.02. The molecule has 3 heterocycles. The lowest BCUT2D eigenvalue weighted by molar-refractivity contribution is 0.124. The van der Waals surface area contributed by atoms with Crippen LogP contribution in [0.3, 0.4) is 0 Å². The van der Waals surface area contributed by atoms with Crippen LogP contribution in [-0.4, -0.2) is 67.2 Å². The molecular formula is C23H25FN4O5S. The molecule has 180 valence electrons. The maximum Gasteiger partial charge on any atom is 0.244 e. The number of aryl methyl sites for hydroxylation is 1. The van der Waals surface area contributed by atoms with Crippen LogP contribution in [0.1, 0.15) is 24.4 Å². The van der Waals surface area contributed by atoms with E-state index in [-0.39, 0.29) is 16.8 Å². The van der Waals surface area contributed by atoms with Crippen molar-refractivity contribution >= 4 is 10.0 Å². The lowest BCUT2D eigenvalue weighted by Gasteiger charge is -2.36. The number of nitrogens with zero attached hydrogens (tertiary/aromatic N) is 4. The van der Waals surface area contributed by atoms with Crippen LogP contribution in [0, 0.1) is 12.7 Å². The summed E-state index contributed by atoms with van der Waals surface area (Å²) in [4.78, 5) is 6.71. The lowest BCUT2D eigenvalue weighted by Crippen LogP contribution is -2.49. The molecule has 0 unspecified atom stereocenters. The molecule has 0 aliphatic carbocycles. The molecule has 0 spiro atoms. The zero-order valence-corrected chi connectivity index (χ0v) is 19.7. The van der Waals surface area contributed by atoms with E-state index in [9.17, 15) is 12.8 Å². The first kappa shape index (κ1) is 22.8. The Bertz CT molecular complexity index is 1300. The zero-order chi connectivity index (χ0) is 23.9. The molecule has 1 saturated heterocycles. The molecule has 0 amide bonds. The van der Waals surface area contributed by atoms with Gasteiger partial charge in [-0.15, -0.1) is 0 Å². The number of halogens is 1. The fraction of sp³-hybridized carbons (Fsp3) is 0.391. The average molecular weight is 489 g/mol. The third-order valence-electron chi connectivity index (χ3n) is 6.20. The van der Waals surface area contributed by atoms with E-state index in [0.717, 1.165) is 0 Å². The summed E-state index contributed by atoms with van der Waals surface area (Å²) in [5, 5.41) is 3.99. The topological polar surface area (TPSA) is 98.0 Å². The van der Waals surface area contributed by atoms with Gasteiger partial charge in [-0.05, 0) is 37.6 Å². The van der Waals surface area contributed by atoms with E-state index >= 15 is 0 Å². The molecule has 1 aromatic heterocycles. The fourth-order valence-electron chi connectivity index (χ4n) is 4.07. The van der Waals surface area contributed by atoms with E-state index in [4.69, 9.17) is 14.0 Å². The molecule has 2 aromatic carbocycles. The van der Waals surface area contributed by atoms with Gasteiger partial charge in [0.15, 0.2) is 11.5 Å². The molecule has 5 rings (SSSR count). The van der Waals surface area contributed by atoms with Gasteiger partial charge >= 0.3 is 0 Å². The Labute approximate surface area is 197 Å². The SMILES string of the molecule is Cc1ccc(-c2noc([C@@H](C)N3CCN(S(=O)(=O)c4ccc5c(c4)OCCO5)CC3)n2)cc1F. The number of hydrogen-bond acceptors (Lipinski definition) is 8. The van der Waals surface area contributed by atoms with Crippen LogP contribution in [0.4, 0.5) is 4.39 Å². The van der Waals surface area contributed by atoms with E-state index in [1.165, 1.54) is 16.4 Å². The predicted molar refractivity (Wildman–Crippen MR) is 121 cm³/mol. The van der Waals surface area contributed by atoms with E-state index in [1.807, 2.05) is 6.92 Å². The Morgan fingerprint density at radius 2 is 1.74 bits per heavy atom. The van der Waals surface area contributed by atoms with Crippen molar-refractivity contribution in [2.24, 2.45) is 0 Å². The molecule has 0 saturated carbocycles. The maximum absolute atomic E-state index is 13.9. The molecule has 1 atom stereocenters. The summed E-state index contributed by atoms with van der Waals surface area (Å²) in [5.41, 5.74) is 1.09. The summed E-state index contributed by atoms with van der Waals surface area (Å²) in [5.74, 6) is 1.39. The highest BCUT2D eigenvalue weighted by molar-refractivity contribution is 7.89. The minimum Gasteiger partial charge on any atom is -0.486 e. The van der Waals surface area contributed by atoms with Crippen molar-refractivity contribution in [3.8, 4) is 22.9 Å². The van der Waals surface area contributed by atoms with Gasteiger partial charge in [0.1, 0.15) is 19.0 Å². The maximum atomic E-state index is 13.9. The molecular weight excluding hydrogens is 463 g/mol. The van der Waals surface area contributed by atoms with Crippen LogP contribution in [0.2, 0.25) is 0 Å². The number of fused-ring (bicyclic) bond motifs is 1. The quantitative estimate of drug-likeness (QED) is 0.541. The first-order valence-corrected chi connectivity index (χ1v) is 12.5. The van der Waals surface area contributed by atoms with Crippen LogP contribution in [0.25, 0.3) is 11.4 Å². The van der Waals surface area contributed by atoms with Crippen molar-refractivity contribution < 1.29 is 26.8 Å². The third kappa shape index (κ3) is 4.26. The molecule has 11 heteroatoms. The van der Waals surface area contributed by atoms with Gasteiger partial charge in [-0.3, -0.25) is 4.90 Å². The Balaban J connectivity index is 1.25. The van der Waals surface area contributed by atoms with Gasteiger partial charge in [0.05, 0.1) is 10.9 Å².